The Bertz CT molecular complexity index is 895. The molecule has 0 aliphatic carbocycles. The standard InChI is InChI=1S/C19H23N5OS/c1-13-9-14(2)24(22-13)11-15-5-7-16(8-6-15)18(25)20-10-17-12-26-19(21-17)23(3)4/h5-9,12H,10-11H2,1-4H3,(H,20,25). The van der Waals surface area contributed by atoms with Crippen molar-refractivity contribution in [1.29, 1.82) is 0 Å². The quantitative estimate of drug-likeness (QED) is 0.725. The summed E-state index contributed by atoms with van der Waals surface area (Å²) in [5, 5.41) is 10.3. The Kier molecular flexibility index (Phi) is 5.37. The smallest absolute Gasteiger partial charge is 0.251 e. The van der Waals surface area contributed by atoms with Crippen LogP contribution in [0.1, 0.15) is 33.0 Å². The fourth-order valence-electron chi connectivity index (χ4n) is 2.63. The highest BCUT2D eigenvalue weighted by molar-refractivity contribution is 7.13. The minimum Gasteiger partial charge on any atom is -0.354 e. The number of carbonyl (C=O) groups is 1. The molecule has 1 amide bonds. The predicted octanol–water partition coefficient (Wildman–Crippen LogP) is 3.00. The predicted molar refractivity (Wildman–Crippen MR) is 105 cm³/mol. The summed E-state index contributed by atoms with van der Waals surface area (Å²) in [6, 6.07) is 9.70. The number of benzene rings is 1. The van der Waals surface area contributed by atoms with Crippen molar-refractivity contribution in [2.24, 2.45) is 0 Å². The molecule has 0 spiro atoms. The average molecular weight is 369 g/mol. The fourth-order valence-corrected chi connectivity index (χ4v) is 3.38. The van der Waals surface area contributed by atoms with E-state index in [4.69, 9.17) is 0 Å². The van der Waals surface area contributed by atoms with Crippen molar-refractivity contribution >= 4 is 22.4 Å². The van der Waals surface area contributed by atoms with E-state index in [0.717, 1.165) is 27.8 Å². The van der Waals surface area contributed by atoms with Crippen LogP contribution in [0, 0.1) is 13.8 Å². The molecule has 1 aromatic carbocycles. The van der Waals surface area contributed by atoms with Gasteiger partial charge in [-0.1, -0.05) is 12.1 Å². The molecule has 0 aliphatic heterocycles. The van der Waals surface area contributed by atoms with Gasteiger partial charge in [-0.3, -0.25) is 9.48 Å². The van der Waals surface area contributed by atoms with E-state index in [0.29, 0.717) is 18.7 Å². The number of nitrogens with zero attached hydrogens (tertiary/aromatic N) is 4. The zero-order chi connectivity index (χ0) is 18.7. The summed E-state index contributed by atoms with van der Waals surface area (Å²) in [6.45, 7) is 5.16. The van der Waals surface area contributed by atoms with Crippen LogP contribution in [0.25, 0.3) is 0 Å². The highest BCUT2D eigenvalue weighted by Gasteiger charge is 2.09. The SMILES string of the molecule is Cc1cc(C)n(Cc2ccc(C(=O)NCc3csc(N(C)C)n3)cc2)n1. The van der Waals surface area contributed by atoms with Crippen molar-refractivity contribution in [2.45, 2.75) is 26.9 Å². The van der Waals surface area contributed by atoms with Crippen LogP contribution in [-0.2, 0) is 13.1 Å². The first-order chi connectivity index (χ1) is 12.4. The lowest BCUT2D eigenvalue weighted by molar-refractivity contribution is 0.0950. The number of nitrogens with one attached hydrogen (secondary N) is 1. The van der Waals surface area contributed by atoms with E-state index in [1.807, 2.05) is 67.2 Å². The summed E-state index contributed by atoms with van der Waals surface area (Å²) < 4.78 is 1.97. The molecular weight excluding hydrogens is 346 g/mol. The Balaban J connectivity index is 1.58. The number of hydrogen-bond acceptors (Lipinski definition) is 5. The van der Waals surface area contributed by atoms with Crippen molar-refractivity contribution in [3.8, 4) is 0 Å². The molecule has 0 radical (unpaired) electrons. The van der Waals surface area contributed by atoms with E-state index in [2.05, 4.69) is 21.5 Å². The van der Waals surface area contributed by atoms with Crippen molar-refractivity contribution in [2.75, 3.05) is 19.0 Å². The third-order valence-electron chi connectivity index (χ3n) is 4.00. The zero-order valence-corrected chi connectivity index (χ0v) is 16.3. The highest BCUT2D eigenvalue weighted by atomic mass is 32.1. The molecule has 1 N–H and O–H groups in total. The lowest BCUT2D eigenvalue weighted by Crippen LogP contribution is -2.23. The Morgan fingerprint density at radius 2 is 1.96 bits per heavy atom. The molecular formula is C19H23N5OS. The van der Waals surface area contributed by atoms with Gasteiger partial charge in [0.15, 0.2) is 5.13 Å². The molecule has 0 saturated heterocycles. The van der Waals surface area contributed by atoms with Gasteiger partial charge in [-0.2, -0.15) is 5.10 Å². The average Bonchev–Trinajstić information content (AvgIpc) is 3.20. The first kappa shape index (κ1) is 18.1. The molecule has 2 aromatic heterocycles. The van der Waals surface area contributed by atoms with Crippen LogP contribution in [0.2, 0.25) is 0 Å². The molecule has 7 heteroatoms. The summed E-state index contributed by atoms with van der Waals surface area (Å²) in [4.78, 5) is 18.7. The van der Waals surface area contributed by atoms with Crippen LogP contribution < -0.4 is 10.2 Å². The third-order valence-corrected chi connectivity index (χ3v) is 5.06. The van der Waals surface area contributed by atoms with E-state index >= 15 is 0 Å². The molecule has 26 heavy (non-hydrogen) atoms. The molecule has 0 atom stereocenters. The molecule has 2 heterocycles. The second-order valence-electron chi connectivity index (χ2n) is 6.48. The number of aryl methyl sites for hydroxylation is 2. The molecule has 3 aromatic rings. The van der Waals surface area contributed by atoms with Gasteiger partial charge in [0.25, 0.3) is 5.91 Å². The Morgan fingerprint density at radius 1 is 1.23 bits per heavy atom. The van der Waals surface area contributed by atoms with Gasteiger partial charge in [-0.25, -0.2) is 4.98 Å². The van der Waals surface area contributed by atoms with E-state index in [9.17, 15) is 4.79 Å². The van der Waals surface area contributed by atoms with Gasteiger partial charge in [-0.05, 0) is 37.6 Å². The second kappa shape index (κ2) is 7.70. The Morgan fingerprint density at radius 3 is 2.54 bits per heavy atom. The van der Waals surface area contributed by atoms with Gasteiger partial charge in [0.05, 0.1) is 24.5 Å². The van der Waals surface area contributed by atoms with Crippen LogP contribution in [0.3, 0.4) is 0 Å². The van der Waals surface area contributed by atoms with Crippen molar-refractivity contribution in [1.82, 2.24) is 20.1 Å². The zero-order valence-electron chi connectivity index (χ0n) is 15.5. The molecule has 0 aliphatic rings. The minimum atomic E-state index is -0.0953. The molecule has 0 unspecified atom stereocenters. The summed E-state index contributed by atoms with van der Waals surface area (Å²) in [7, 11) is 3.91. The lowest BCUT2D eigenvalue weighted by Gasteiger charge is -2.07. The van der Waals surface area contributed by atoms with Crippen molar-refractivity contribution in [3.63, 3.8) is 0 Å². The topological polar surface area (TPSA) is 63.1 Å². The Hall–Kier alpha value is -2.67. The maximum absolute atomic E-state index is 12.3. The normalized spacial score (nSPS) is 10.8. The minimum absolute atomic E-state index is 0.0953. The third kappa shape index (κ3) is 4.29. The first-order valence-corrected chi connectivity index (χ1v) is 9.30. The summed E-state index contributed by atoms with van der Waals surface area (Å²) in [5.74, 6) is -0.0953. The van der Waals surface area contributed by atoms with E-state index in [1.54, 1.807) is 11.3 Å². The van der Waals surface area contributed by atoms with E-state index < -0.39 is 0 Å². The number of anilines is 1. The maximum Gasteiger partial charge on any atom is 0.251 e. The second-order valence-corrected chi connectivity index (χ2v) is 7.32. The number of hydrogen-bond donors (Lipinski definition) is 1. The van der Waals surface area contributed by atoms with Gasteiger partial charge in [0, 0.05) is 30.7 Å². The van der Waals surface area contributed by atoms with Crippen LogP contribution in [0.15, 0.2) is 35.7 Å². The van der Waals surface area contributed by atoms with Crippen LogP contribution >= 0.6 is 11.3 Å². The number of thiazole rings is 1. The van der Waals surface area contributed by atoms with E-state index in [1.165, 1.54) is 0 Å². The molecule has 0 saturated carbocycles. The summed E-state index contributed by atoms with van der Waals surface area (Å²) in [5.41, 5.74) is 4.77. The number of amides is 1. The van der Waals surface area contributed by atoms with Crippen molar-refractivity contribution in [3.05, 3.63) is 63.9 Å². The van der Waals surface area contributed by atoms with Crippen molar-refractivity contribution < 1.29 is 4.79 Å². The maximum atomic E-state index is 12.3. The van der Waals surface area contributed by atoms with Gasteiger partial charge >= 0.3 is 0 Å². The molecule has 136 valence electrons. The molecule has 0 bridgehead atoms. The lowest BCUT2D eigenvalue weighted by atomic mass is 10.1. The van der Waals surface area contributed by atoms with Gasteiger partial charge in [0.1, 0.15) is 0 Å². The number of carbonyl (C=O) groups excluding carboxylic acids is 1. The largest absolute Gasteiger partial charge is 0.354 e. The molecule has 0 fully saturated rings. The monoisotopic (exact) mass is 369 g/mol. The number of aromatic nitrogens is 3. The Labute approximate surface area is 157 Å². The summed E-state index contributed by atoms with van der Waals surface area (Å²) >= 11 is 1.57. The molecule has 6 nitrogen and oxygen atoms in total. The van der Waals surface area contributed by atoms with Gasteiger partial charge in [0.2, 0.25) is 0 Å². The van der Waals surface area contributed by atoms with Crippen LogP contribution in [0.5, 0.6) is 0 Å². The van der Waals surface area contributed by atoms with Gasteiger partial charge in [-0.15, -0.1) is 11.3 Å². The van der Waals surface area contributed by atoms with Gasteiger partial charge < -0.3 is 10.2 Å². The fraction of sp³-hybridized carbons (Fsp3) is 0.316. The highest BCUT2D eigenvalue weighted by Crippen LogP contribution is 2.17. The van der Waals surface area contributed by atoms with Crippen LogP contribution in [-0.4, -0.2) is 34.8 Å². The number of rotatable bonds is 6. The van der Waals surface area contributed by atoms with E-state index in [-0.39, 0.29) is 5.91 Å². The molecule has 3 rings (SSSR count). The van der Waals surface area contributed by atoms with Crippen LogP contribution in [0.4, 0.5) is 5.13 Å². The summed E-state index contributed by atoms with van der Waals surface area (Å²) in [6.07, 6.45) is 0. The first-order valence-electron chi connectivity index (χ1n) is 8.42.